The van der Waals surface area contributed by atoms with Gasteiger partial charge in [0.25, 0.3) is 5.91 Å². The summed E-state index contributed by atoms with van der Waals surface area (Å²) in [7, 11) is 0. The van der Waals surface area contributed by atoms with Gasteiger partial charge in [0.2, 0.25) is 0 Å². The van der Waals surface area contributed by atoms with Crippen LogP contribution in [-0.2, 0) is 4.79 Å². The second-order valence-electron chi connectivity index (χ2n) is 4.27. The van der Waals surface area contributed by atoms with Gasteiger partial charge in [-0.2, -0.15) is 0 Å². The van der Waals surface area contributed by atoms with Crippen molar-refractivity contribution >= 4 is 23.5 Å². The van der Waals surface area contributed by atoms with E-state index >= 15 is 0 Å². The Labute approximate surface area is 113 Å². The summed E-state index contributed by atoms with van der Waals surface area (Å²) in [5, 5.41) is 11.4. The molecule has 100 valence electrons. The highest BCUT2D eigenvalue weighted by atomic mass is 35.5. The molecule has 6 heteroatoms. The number of carbonyl (C=O) groups is 2. The number of nitrogens with one attached hydrogen (secondary N) is 1. The molecule has 0 aromatic heterocycles. The van der Waals surface area contributed by atoms with E-state index in [1.165, 1.54) is 12.1 Å². The van der Waals surface area contributed by atoms with Crippen molar-refractivity contribution in [2.45, 2.75) is 12.5 Å². The first-order valence-electron chi connectivity index (χ1n) is 5.64. The zero-order valence-electron chi connectivity index (χ0n) is 9.77. The molecule has 0 spiro atoms. The smallest absolute Gasteiger partial charge is 0.310 e. The summed E-state index contributed by atoms with van der Waals surface area (Å²) in [5.74, 6) is -2.51. The maximum atomic E-state index is 13.0. The lowest BCUT2D eigenvalue weighted by Gasteiger charge is -2.12. The largest absolute Gasteiger partial charge is 0.481 e. The van der Waals surface area contributed by atoms with Crippen LogP contribution in [0.25, 0.3) is 0 Å². The summed E-state index contributed by atoms with van der Waals surface area (Å²) >= 11 is 5.59. The lowest BCUT2D eigenvalue weighted by atomic mass is 10.1. The summed E-state index contributed by atoms with van der Waals surface area (Å²) in [5.41, 5.74) is 0.235. The van der Waals surface area contributed by atoms with Crippen molar-refractivity contribution in [1.82, 2.24) is 5.32 Å². The molecule has 0 heterocycles. The third-order valence-corrected chi connectivity index (χ3v) is 3.19. The minimum Gasteiger partial charge on any atom is -0.481 e. The van der Waals surface area contributed by atoms with Crippen molar-refractivity contribution in [3.05, 3.63) is 46.8 Å². The average Bonchev–Trinajstić information content (AvgIpc) is 2.81. The van der Waals surface area contributed by atoms with Crippen LogP contribution in [0, 0.1) is 11.7 Å². The monoisotopic (exact) mass is 283 g/mol. The normalized spacial score (nSPS) is 21.4. The topological polar surface area (TPSA) is 66.4 Å². The van der Waals surface area contributed by atoms with Crippen LogP contribution < -0.4 is 5.32 Å². The van der Waals surface area contributed by atoms with Crippen LogP contribution in [0.5, 0.6) is 0 Å². The number of carbonyl (C=O) groups excluding carboxylic acids is 1. The molecule has 19 heavy (non-hydrogen) atoms. The lowest BCUT2D eigenvalue weighted by Crippen LogP contribution is -2.33. The Balaban J connectivity index is 2.00. The molecular formula is C13H11ClFNO3. The van der Waals surface area contributed by atoms with Gasteiger partial charge in [-0.3, -0.25) is 9.59 Å². The highest BCUT2D eigenvalue weighted by molar-refractivity contribution is 6.31. The minimum absolute atomic E-state index is 0.127. The van der Waals surface area contributed by atoms with Gasteiger partial charge in [-0.05, 0) is 24.6 Å². The van der Waals surface area contributed by atoms with Crippen LogP contribution in [0.4, 0.5) is 4.39 Å². The van der Waals surface area contributed by atoms with E-state index in [1.807, 2.05) is 0 Å². The summed E-state index contributed by atoms with van der Waals surface area (Å²) in [6.45, 7) is 0. The molecule has 2 unspecified atom stereocenters. The van der Waals surface area contributed by atoms with Gasteiger partial charge >= 0.3 is 5.97 Å². The molecule has 1 amide bonds. The zero-order valence-corrected chi connectivity index (χ0v) is 10.5. The van der Waals surface area contributed by atoms with Gasteiger partial charge in [0.15, 0.2) is 0 Å². The lowest BCUT2D eigenvalue weighted by molar-refractivity contribution is -0.140. The van der Waals surface area contributed by atoms with Gasteiger partial charge in [-0.25, -0.2) is 4.39 Å². The van der Waals surface area contributed by atoms with Crippen molar-refractivity contribution in [2.75, 3.05) is 0 Å². The zero-order chi connectivity index (χ0) is 14.0. The highest BCUT2D eigenvalue weighted by Crippen LogP contribution is 2.19. The van der Waals surface area contributed by atoms with Crippen LogP contribution in [0.3, 0.4) is 0 Å². The Morgan fingerprint density at radius 1 is 1.37 bits per heavy atom. The van der Waals surface area contributed by atoms with E-state index in [0.29, 0.717) is 6.42 Å². The van der Waals surface area contributed by atoms with Crippen molar-refractivity contribution in [2.24, 2.45) is 5.92 Å². The molecule has 0 saturated heterocycles. The second kappa shape index (κ2) is 5.40. The molecule has 0 aliphatic heterocycles. The molecule has 0 radical (unpaired) electrons. The summed E-state index contributed by atoms with van der Waals surface area (Å²) < 4.78 is 13.0. The summed E-state index contributed by atoms with van der Waals surface area (Å²) in [6, 6.07) is 3.34. The fourth-order valence-electron chi connectivity index (χ4n) is 1.88. The van der Waals surface area contributed by atoms with Gasteiger partial charge in [-0.1, -0.05) is 23.8 Å². The third kappa shape index (κ3) is 3.12. The van der Waals surface area contributed by atoms with Crippen LogP contribution in [0.1, 0.15) is 16.8 Å². The van der Waals surface area contributed by atoms with E-state index in [9.17, 15) is 14.0 Å². The number of aliphatic carboxylic acids is 1. The Hall–Kier alpha value is -1.88. The molecule has 1 aromatic rings. The number of hydrogen-bond donors (Lipinski definition) is 2. The quantitative estimate of drug-likeness (QED) is 0.836. The van der Waals surface area contributed by atoms with Gasteiger partial charge in [0.1, 0.15) is 5.82 Å². The first-order valence-corrected chi connectivity index (χ1v) is 6.02. The molecule has 1 aromatic carbocycles. The first-order chi connectivity index (χ1) is 8.97. The van der Waals surface area contributed by atoms with Crippen molar-refractivity contribution in [3.63, 3.8) is 0 Å². The van der Waals surface area contributed by atoms with E-state index in [1.54, 1.807) is 12.2 Å². The van der Waals surface area contributed by atoms with E-state index in [0.717, 1.165) is 6.07 Å². The number of hydrogen-bond acceptors (Lipinski definition) is 2. The van der Waals surface area contributed by atoms with Crippen molar-refractivity contribution < 1.29 is 19.1 Å². The number of carboxylic acids is 1. The Kier molecular flexibility index (Phi) is 3.85. The molecule has 0 bridgehead atoms. The van der Waals surface area contributed by atoms with E-state index in [2.05, 4.69) is 5.32 Å². The molecule has 2 atom stereocenters. The number of carboxylic acid groups (broad SMARTS) is 1. The third-order valence-electron chi connectivity index (χ3n) is 2.90. The molecule has 0 fully saturated rings. The van der Waals surface area contributed by atoms with Crippen LogP contribution in [-0.4, -0.2) is 23.0 Å². The standard InChI is InChI=1S/C13H11ClFNO3/c14-10-6-7(2-4-11(10)15)12(17)16-9-3-1-8(5-9)13(18)19/h1-4,6,8-9H,5H2,(H,16,17)(H,18,19). The van der Waals surface area contributed by atoms with Gasteiger partial charge in [-0.15, -0.1) is 0 Å². The first kappa shape index (κ1) is 13.5. The minimum atomic E-state index is -0.919. The Morgan fingerprint density at radius 3 is 2.68 bits per heavy atom. The predicted molar refractivity (Wildman–Crippen MR) is 67.5 cm³/mol. The highest BCUT2D eigenvalue weighted by Gasteiger charge is 2.25. The Bertz CT molecular complexity index is 559. The number of amides is 1. The van der Waals surface area contributed by atoms with Crippen molar-refractivity contribution in [3.8, 4) is 0 Å². The molecule has 0 saturated carbocycles. The van der Waals surface area contributed by atoms with Gasteiger partial charge in [0, 0.05) is 11.6 Å². The summed E-state index contributed by atoms with van der Waals surface area (Å²) in [4.78, 5) is 22.6. The number of rotatable bonds is 3. The number of halogens is 2. The van der Waals surface area contributed by atoms with Crippen LogP contribution in [0.15, 0.2) is 30.4 Å². The maximum Gasteiger partial charge on any atom is 0.310 e. The van der Waals surface area contributed by atoms with E-state index in [-0.39, 0.29) is 16.6 Å². The van der Waals surface area contributed by atoms with Crippen LogP contribution >= 0.6 is 11.6 Å². The average molecular weight is 284 g/mol. The Morgan fingerprint density at radius 2 is 2.11 bits per heavy atom. The molecule has 2 N–H and O–H groups in total. The molecule has 2 rings (SSSR count). The fraction of sp³-hybridized carbons (Fsp3) is 0.231. The van der Waals surface area contributed by atoms with E-state index < -0.39 is 23.6 Å². The predicted octanol–water partition coefficient (Wildman–Crippen LogP) is 2.24. The SMILES string of the molecule is O=C(NC1C=CC(C(=O)O)C1)c1ccc(F)c(Cl)c1. The second-order valence-corrected chi connectivity index (χ2v) is 4.68. The van der Waals surface area contributed by atoms with Gasteiger partial charge < -0.3 is 10.4 Å². The number of benzene rings is 1. The van der Waals surface area contributed by atoms with Crippen LogP contribution in [0.2, 0.25) is 5.02 Å². The van der Waals surface area contributed by atoms with Gasteiger partial charge in [0.05, 0.1) is 10.9 Å². The van der Waals surface area contributed by atoms with E-state index in [4.69, 9.17) is 16.7 Å². The van der Waals surface area contributed by atoms with Crippen molar-refractivity contribution in [1.29, 1.82) is 0 Å². The maximum absolute atomic E-state index is 13.0. The summed E-state index contributed by atoms with van der Waals surface area (Å²) in [6.07, 6.45) is 3.50. The molecular weight excluding hydrogens is 273 g/mol. The fourth-order valence-corrected chi connectivity index (χ4v) is 2.06. The molecule has 1 aliphatic rings. The molecule has 1 aliphatic carbocycles. The molecule has 4 nitrogen and oxygen atoms in total.